The molecule has 0 aromatic heterocycles. The van der Waals surface area contributed by atoms with Gasteiger partial charge < -0.3 is 30.6 Å². The van der Waals surface area contributed by atoms with Gasteiger partial charge in [-0.3, -0.25) is 19.2 Å². The summed E-state index contributed by atoms with van der Waals surface area (Å²) in [5.41, 5.74) is 10.4. The number of fused-ring (bicyclic) bond motifs is 1. The van der Waals surface area contributed by atoms with Crippen molar-refractivity contribution in [1.29, 1.82) is 0 Å². The predicted molar refractivity (Wildman–Crippen MR) is 188 cm³/mol. The van der Waals surface area contributed by atoms with Crippen LogP contribution in [-0.4, -0.2) is 87.0 Å². The molecule has 3 aromatic carbocycles. The van der Waals surface area contributed by atoms with E-state index in [0.29, 0.717) is 30.5 Å². The molecule has 0 aliphatic carbocycles. The maximum Gasteiger partial charge on any atom is 0.335 e. The molecule has 0 radical (unpaired) electrons. The molecule has 0 fully saturated rings. The van der Waals surface area contributed by atoms with Crippen LogP contribution in [0.2, 0.25) is 5.02 Å². The number of amides is 2. The number of hydrogen-bond acceptors (Lipinski definition) is 8. The maximum atomic E-state index is 14.8. The molecule has 6 rings (SSSR count). The molecule has 3 aromatic rings. The Morgan fingerprint density at radius 1 is 0.981 bits per heavy atom. The van der Waals surface area contributed by atoms with Gasteiger partial charge in [-0.2, -0.15) is 0 Å². The molecule has 52 heavy (non-hydrogen) atoms. The predicted octanol–water partition coefficient (Wildman–Crippen LogP) is 4.42. The molecule has 270 valence electrons. The zero-order valence-electron chi connectivity index (χ0n) is 28.0. The summed E-state index contributed by atoms with van der Waals surface area (Å²) < 4.78 is 14.8. The Labute approximate surface area is 303 Å². The van der Waals surface area contributed by atoms with Crippen molar-refractivity contribution in [3.8, 4) is 0 Å². The van der Waals surface area contributed by atoms with E-state index >= 15 is 0 Å². The number of carboxylic acids is 2. The summed E-state index contributed by atoms with van der Waals surface area (Å²) in [6.07, 6.45) is 1.47. The highest BCUT2D eigenvalue weighted by Crippen LogP contribution is 2.38. The quantitative estimate of drug-likeness (QED) is 0.258. The summed E-state index contributed by atoms with van der Waals surface area (Å²) in [4.78, 5) is 72.2. The van der Waals surface area contributed by atoms with Crippen LogP contribution in [0.4, 0.5) is 4.39 Å². The van der Waals surface area contributed by atoms with E-state index in [1.54, 1.807) is 23.1 Å². The summed E-state index contributed by atoms with van der Waals surface area (Å²) in [7, 11) is 0. The summed E-state index contributed by atoms with van der Waals surface area (Å²) >= 11 is 5.97. The second-order valence-corrected chi connectivity index (χ2v) is 13.3. The monoisotopic (exact) mass is 730 g/mol. The smallest absolute Gasteiger partial charge is 0.335 e. The zero-order valence-corrected chi connectivity index (χ0v) is 28.7. The van der Waals surface area contributed by atoms with E-state index in [1.165, 1.54) is 29.2 Å². The molecule has 4 N–H and O–H groups in total. The fraction of sp³-hybridized carbons (Fsp3) is 0.316. The van der Waals surface area contributed by atoms with Crippen LogP contribution in [-0.2, 0) is 36.9 Å². The number of Topliss-reactive ketones (excluding diaryl/α,β-unsaturated/α-hetero) is 1. The summed E-state index contributed by atoms with van der Waals surface area (Å²) in [6.45, 7) is 0.837. The number of nitrogens with zero attached hydrogens (tertiary/aromatic N) is 3. The molecule has 0 saturated heterocycles. The second-order valence-electron chi connectivity index (χ2n) is 12.9. The highest BCUT2D eigenvalue weighted by molar-refractivity contribution is 6.31. The number of halogens is 2. The number of rotatable bonds is 11. The minimum atomic E-state index is -1.10. The molecule has 0 spiro atoms. The van der Waals surface area contributed by atoms with Crippen LogP contribution in [0, 0.1) is 5.82 Å². The van der Waals surface area contributed by atoms with Gasteiger partial charge in [-0.1, -0.05) is 59.2 Å². The van der Waals surface area contributed by atoms with Crippen molar-refractivity contribution in [3.05, 3.63) is 111 Å². The van der Waals surface area contributed by atoms with E-state index in [2.05, 4.69) is 5.16 Å². The van der Waals surface area contributed by atoms with Crippen molar-refractivity contribution in [3.63, 3.8) is 0 Å². The molecule has 12 nitrogen and oxygen atoms in total. The minimum absolute atomic E-state index is 0.0286. The van der Waals surface area contributed by atoms with Crippen molar-refractivity contribution in [2.24, 2.45) is 10.9 Å². The van der Waals surface area contributed by atoms with Crippen molar-refractivity contribution >= 4 is 52.4 Å². The van der Waals surface area contributed by atoms with Gasteiger partial charge in [0, 0.05) is 44.5 Å². The van der Waals surface area contributed by atoms with E-state index in [0.717, 1.165) is 16.7 Å². The third kappa shape index (κ3) is 7.60. The Bertz CT molecular complexity index is 2000. The lowest BCUT2D eigenvalue weighted by atomic mass is 9.82. The number of hydrogen-bond donors (Lipinski definition) is 3. The highest BCUT2D eigenvalue weighted by atomic mass is 35.5. The first kappa shape index (κ1) is 36.4. The van der Waals surface area contributed by atoms with Crippen molar-refractivity contribution in [2.75, 3.05) is 19.6 Å². The highest BCUT2D eigenvalue weighted by Gasteiger charge is 2.42. The van der Waals surface area contributed by atoms with Crippen molar-refractivity contribution in [1.82, 2.24) is 9.80 Å². The third-order valence-electron chi connectivity index (χ3n) is 9.65. The van der Waals surface area contributed by atoms with Gasteiger partial charge in [-0.05, 0) is 71.4 Å². The van der Waals surface area contributed by atoms with Crippen LogP contribution in [0.25, 0.3) is 5.57 Å². The van der Waals surface area contributed by atoms with E-state index in [-0.39, 0.29) is 72.3 Å². The lowest BCUT2D eigenvalue weighted by Crippen LogP contribution is -2.48. The summed E-state index contributed by atoms with van der Waals surface area (Å²) in [6, 6.07) is 14.1. The van der Waals surface area contributed by atoms with Gasteiger partial charge >= 0.3 is 11.9 Å². The Balaban J connectivity index is 1.27. The SMILES string of the molecule is N[C@@H](CCC(=O)O)C(=O)N1CC=C(c2cccc3c2CCN(C(=O)C2CC(c4cccc(Cl)c4F)=NO2)C3C(=O)Cc2ccc(C(=O)O)cc2)CC1. The van der Waals surface area contributed by atoms with Gasteiger partial charge in [-0.25, -0.2) is 9.18 Å². The molecule has 3 atom stereocenters. The van der Waals surface area contributed by atoms with E-state index in [4.69, 9.17) is 27.3 Å². The van der Waals surface area contributed by atoms with Gasteiger partial charge in [-0.15, -0.1) is 0 Å². The molecular weight excluding hydrogens is 695 g/mol. The number of benzene rings is 3. The number of carbonyl (C=O) groups excluding carboxylic acids is 3. The molecule has 14 heteroatoms. The average Bonchev–Trinajstić information content (AvgIpc) is 3.64. The number of nitrogens with two attached hydrogens (primary N) is 1. The van der Waals surface area contributed by atoms with Crippen LogP contribution >= 0.6 is 11.6 Å². The fourth-order valence-corrected chi connectivity index (χ4v) is 7.12. The fourth-order valence-electron chi connectivity index (χ4n) is 6.95. The number of ketones is 1. The second kappa shape index (κ2) is 15.5. The molecule has 0 bridgehead atoms. The van der Waals surface area contributed by atoms with Gasteiger partial charge in [0.1, 0.15) is 6.04 Å². The van der Waals surface area contributed by atoms with E-state index in [9.17, 15) is 33.5 Å². The van der Waals surface area contributed by atoms with Crippen molar-refractivity contribution < 1.29 is 43.4 Å². The number of carboxylic acid groups (broad SMARTS) is 2. The lowest BCUT2D eigenvalue weighted by molar-refractivity contribution is -0.149. The number of aromatic carboxylic acids is 1. The summed E-state index contributed by atoms with van der Waals surface area (Å²) in [5.74, 6) is -3.88. The molecule has 2 unspecified atom stereocenters. The topological polar surface area (TPSA) is 180 Å². The van der Waals surface area contributed by atoms with Crippen molar-refractivity contribution in [2.45, 2.75) is 56.7 Å². The van der Waals surface area contributed by atoms with Gasteiger partial charge in [0.05, 0.1) is 22.3 Å². The number of aliphatic carboxylic acids is 1. The molecular formula is C38H36ClFN4O8. The number of oxime groups is 1. The molecule has 3 heterocycles. The van der Waals surface area contributed by atoms with E-state index in [1.807, 2.05) is 24.3 Å². The Morgan fingerprint density at radius 3 is 2.40 bits per heavy atom. The largest absolute Gasteiger partial charge is 0.481 e. The standard InChI is InChI=1S/C38H36ClFN4O8/c39-28-6-2-5-27(34(28)40)30-20-32(52-42-30)37(49)44-18-15-25-24(22-13-16-43(17-14-22)36(48)29(41)11-12-33(46)47)3-1-4-26(25)35(44)31(45)19-21-7-9-23(10-8-21)38(50)51/h1-10,13,29,32,35H,11-12,14-20,41H2,(H,46,47)(H,50,51)/t29-,32?,35?/m0/s1. The normalized spacial score (nSPS) is 18.8. The first-order valence-corrected chi connectivity index (χ1v) is 17.2. The third-order valence-corrected chi connectivity index (χ3v) is 9.94. The van der Waals surface area contributed by atoms with Crippen LogP contribution in [0.1, 0.15) is 69.9 Å². The zero-order chi connectivity index (χ0) is 37.1. The maximum absolute atomic E-state index is 14.8. The van der Waals surface area contributed by atoms with Crippen LogP contribution in [0.5, 0.6) is 0 Å². The van der Waals surface area contributed by atoms with Crippen LogP contribution in [0.15, 0.2) is 71.9 Å². The molecule has 2 amide bonds. The van der Waals surface area contributed by atoms with Crippen LogP contribution in [0.3, 0.4) is 0 Å². The van der Waals surface area contributed by atoms with Crippen LogP contribution < -0.4 is 5.73 Å². The first-order valence-electron chi connectivity index (χ1n) is 16.8. The van der Waals surface area contributed by atoms with Gasteiger partial charge in [0.2, 0.25) is 12.0 Å². The van der Waals surface area contributed by atoms with Gasteiger partial charge in [0.15, 0.2) is 11.6 Å². The van der Waals surface area contributed by atoms with Gasteiger partial charge in [0.25, 0.3) is 5.91 Å². The number of carbonyl (C=O) groups is 5. The average molecular weight is 731 g/mol. The Hall–Kier alpha value is -5.40. The minimum Gasteiger partial charge on any atom is -0.481 e. The Kier molecular flexibility index (Phi) is 10.8. The molecule has 0 saturated carbocycles. The Morgan fingerprint density at radius 2 is 1.71 bits per heavy atom. The molecule has 3 aliphatic rings. The summed E-state index contributed by atoms with van der Waals surface area (Å²) in [5, 5.41) is 22.2. The molecule has 3 aliphatic heterocycles. The lowest BCUT2D eigenvalue weighted by Gasteiger charge is -2.38. The van der Waals surface area contributed by atoms with E-state index < -0.39 is 41.9 Å². The first-order chi connectivity index (χ1) is 24.9.